The average molecular weight is 357 g/mol. The normalized spacial score (nSPS) is 10.8. The molecular weight excluding hydrogens is 334 g/mol. The van der Waals surface area contributed by atoms with E-state index in [-0.39, 0.29) is 16.3 Å². The molecule has 24 heavy (non-hydrogen) atoms. The molecule has 1 aromatic rings. The molecule has 0 spiro atoms. The van der Waals surface area contributed by atoms with Gasteiger partial charge in [-0.25, -0.2) is 8.42 Å². The first-order valence-corrected chi connectivity index (χ1v) is 9.43. The van der Waals surface area contributed by atoms with Gasteiger partial charge in [0.2, 0.25) is 0 Å². The molecule has 0 fully saturated rings. The summed E-state index contributed by atoms with van der Waals surface area (Å²) in [5.41, 5.74) is -0.0171. The zero-order chi connectivity index (χ0) is 18.2. The second-order valence-electron chi connectivity index (χ2n) is 4.93. The number of nitro benzene ring substituents is 1. The molecule has 10 heteroatoms. The molecular formula is C14H23N5O4S. The Kier molecular flexibility index (Phi) is 7.43. The van der Waals surface area contributed by atoms with Crippen molar-refractivity contribution in [3.8, 4) is 0 Å². The smallest absolute Gasteiger partial charge is 0.293 e. The monoisotopic (exact) mass is 357 g/mol. The molecule has 0 aliphatic heterocycles. The Balaban J connectivity index is 2.81. The van der Waals surface area contributed by atoms with Gasteiger partial charge in [-0.05, 0) is 26.0 Å². The number of aliphatic imine (C=N–C) groups is 1. The SMILES string of the molecule is CCNC(=NCCNc1ccc(S(C)(=O)=O)cc1[N+](=O)[O-])NCC. The second-order valence-corrected chi connectivity index (χ2v) is 6.94. The molecule has 0 unspecified atom stereocenters. The summed E-state index contributed by atoms with van der Waals surface area (Å²) in [4.78, 5) is 14.8. The van der Waals surface area contributed by atoms with E-state index in [1.807, 2.05) is 13.8 Å². The van der Waals surface area contributed by atoms with Crippen LogP contribution in [-0.4, -0.2) is 51.7 Å². The summed E-state index contributed by atoms with van der Waals surface area (Å²) in [5, 5.41) is 20.2. The summed E-state index contributed by atoms with van der Waals surface area (Å²) < 4.78 is 23.0. The van der Waals surface area contributed by atoms with Gasteiger partial charge in [0.25, 0.3) is 5.69 Å². The Bertz CT molecular complexity index is 695. The van der Waals surface area contributed by atoms with Gasteiger partial charge in [-0.3, -0.25) is 15.1 Å². The molecule has 9 nitrogen and oxygen atoms in total. The molecule has 0 amide bonds. The maximum Gasteiger partial charge on any atom is 0.293 e. The summed E-state index contributed by atoms with van der Waals surface area (Å²) in [6.07, 6.45) is 1.01. The van der Waals surface area contributed by atoms with E-state index in [1.165, 1.54) is 12.1 Å². The third-order valence-corrected chi connectivity index (χ3v) is 4.09. The van der Waals surface area contributed by atoms with Crippen LogP contribution in [0, 0.1) is 10.1 Å². The maximum absolute atomic E-state index is 11.5. The molecule has 0 aliphatic carbocycles. The Morgan fingerprint density at radius 1 is 1.25 bits per heavy atom. The Morgan fingerprint density at radius 3 is 2.38 bits per heavy atom. The van der Waals surface area contributed by atoms with Crippen molar-refractivity contribution < 1.29 is 13.3 Å². The van der Waals surface area contributed by atoms with Crippen molar-refractivity contribution in [3.05, 3.63) is 28.3 Å². The van der Waals surface area contributed by atoms with Gasteiger partial charge in [-0.1, -0.05) is 0 Å². The summed E-state index contributed by atoms with van der Waals surface area (Å²) in [5.74, 6) is 0.670. The van der Waals surface area contributed by atoms with Crippen LogP contribution in [0.5, 0.6) is 0 Å². The Morgan fingerprint density at radius 2 is 1.88 bits per heavy atom. The molecule has 1 rings (SSSR count). The van der Waals surface area contributed by atoms with Crippen LogP contribution in [-0.2, 0) is 9.84 Å². The third kappa shape index (κ3) is 6.03. The minimum Gasteiger partial charge on any atom is -0.378 e. The molecule has 0 radical (unpaired) electrons. The molecule has 1 aromatic carbocycles. The van der Waals surface area contributed by atoms with Crippen molar-refractivity contribution in [2.24, 2.45) is 4.99 Å². The van der Waals surface area contributed by atoms with E-state index in [0.29, 0.717) is 19.0 Å². The highest BCUT2D eigenvalue weighted by Crippen LogP contribution is 2.27. The number of nitrogens with one attached hydrogen (secondary N) is 3. The van der Waals surface area contributed by atoms with Gasteiger partial charge in [0, 0.05) is 32.0 Å². The van der Waals surface area contributed by atoms with E-state index >= 15 is 0 Å². The van der Waals surface area contributed by atoms with Crippen molar-refractivity contribution in [2.45, 2.75) is 18.7 Å². The molecule has 0 aliphatic rings. The molecule has 3 N–H and O–H groups in total. The van der Waals surface area contributed by atoms with E-state index in [9.17, 15) is 18.5 Å². The fourth-order valence-electron chi connectivity index (χ4n) is 1.91. The van der Waals surface area contributed by atoms with Crippen molar-refractivity contribution in [1.29, 1.82) is 0 Å². The van der Waals surface area contributed by atoms with Crippen molar-refractivity contribution >= 4 is 27.2 Å². The second kappa shape index (κ2) is 9.06. The van der Waals surface area contributed by atoms with E-state index in [1.54, 1.807) is 0 Å². The molecule has 0 atom stereocenters. The van der Waals surface area contributed by atoms with E-state index in [2.05, 4.69) is 20.9 Å². The van der Waals surface area contributed by atoms with Crippen LogP contribution >= 0.6 is 0 Å². The summed E-state index contributed by atoms with van der Waals surface area (Å²) >= 11 is 0. The highest BCUT2D eigenvalue weighted by molar-refractivity contribution is 7.90. The highest BCUT2D eigenvalue weighted by atomic mass is 32.2. The van der Waals surface area contributed by atoms with Crippen LogP contribution in [0.3, 0.4) is 0 Å². The van der Waals surface area contributed by atoms with Crippen LogP contribution in [0.2, 0.25) is 0 Å². The quantitative estimate of drug-likeness (QED) is 0.208. The summed E-state index contributed by atoms with van der Waals surface area (Å²) in [6.45, 7) is 6.16. The molecule has 0 bridgehead atoms. The minimum atomic E-state index is -3.50. The lowest BCUT2D eigenvalue weighted by Crippen LogP contribution is -2.37. The maximum atomic E-state index is 11.5. The molecule has 0 aromatic heterocycles. The highest BCUT2D eigenvalue weighted by Gasteiger charge is 2.18. The number of sulfone groups is 1. The first-order valence-electron chi connectivity index (χ1n) is 7.54. The number of rotatable bonds is 8. The van der Waals surface area contributed by atoms with Crippen LogP contribution in [0.15, 0.2) is 28.1 Å². The standard InChI is InChI=1S/C14H23N5O4S/c1-4-15-14(16-5-2)18-9-8-17-12-7-6-11(24(3,22)23)10-13(12)19(20)21/h6-7,10,17H,4-5,8-9H2,1-3H3,(H2,15,16,18). The summed E-state index contributed by atoms with van der Waals surface area (Å²) in [6, 6.07) is 3.80. The number of nitro groups is 1. The Labute approximate surface area is 141 Å². The Hall–Kier alpha value is -2.36. The number of benzene rings is 1. The lowest BCUT2D eigenvalue weighted by atomic mass is 10.2. The van der Waals surface area contributed by atoms with Crippen molar-refractivity contribution in [1.82, 2.24) is 10.6 Å². The lowest BCUT2D eigenvalue weighted by Gasteiger charge is -2.10. The molecule has 134 valence electrons. The topological polar surface area (TPSA) is 126 Å². The van der Waals surface area contributed by atoms with Gasteiger partial charge in [0.05, 0.1) is 16.4 Å². The first-order chi connectivity index (χ1) is 11.3. The van der Waals surface area contributed by atoms with Crippen LogP contribution in [0.1, 0.15) is 13.8 Å². The van der Waals surface area contributed by atoms with Gasteiger partial charge in [-0.2, -0.15) is 0 Å². The van der Waals surface area contributed by atoms with Crippen molar-refractivity contribution in [2.75, 3.05) is 37.8 Å². The van der Waals surface area contributed by atoms with Crippen LogP contribution < -0.4 is 16.0 Å². The van der Waals surface area contributed by atoms with Gasteiger partial charge < -0.3 is 16.0 Å². The number of hydrogen-bond donors (Lipinski definition) is 3. The number of hydrogen-bond acceptors (Lipinski definition) is 6. The average Bonchev–Trinajstić information content (AvgIpc) is 2.50. The number of anilines is 1. The largest absolute Gasteiger partial charge is 0.378 e. The van der Waals surface area contributed by atoms with Gasteiger partial charge in [-0.15, -0.1) is 0 Å². The molecule has 0 saturated carbocycles. The number of guanidine groups is 1. The first kappa shape index (κ1) is 19.7. The van der Waals surface area contributed by atoms with E-state index in [0.717, 1.165) is 25.4 Å². The lowest BCUT2D eigenvalue weighted by molar-refractivity contribution is -0.384. The van der Waals surface area contributed by atoms with Crippen LogP contribution in [0.4, 0.5) is 11.4 Å². The van der Waals surface area contributed by atoms with Gasteiger partial charge in [0.1, 0.15) is 5.69 Å². The fraction of sp³-hybridized carbons (Fsp3) is 0.500. The molecule has 0 heterocycles. The zero-order valence-electron chi connectivity index (χ0n) is 14.0. The van der Waals surface area contributed by atoms with Crippen molar-refractivity contribution in [3.63, 3.8) is 0 Å². The predicted octanol–water partition coefficient (Wildman–Crippen LogP) is 0.985. The predicted molar refractivity (Wildman–Crippen MR) is 94.4 cm³/mol. The van der Waals surface area contributed by atoms with Crippen LogP contribution in [0.25, 0.3) is 0 Å². The molecule has 0 saturated heterocycles. The van der Waals surface area contributed by atoms with E-state index < -0.39 is 14.8 Å². The van der Waals surface area contributed by atoms with E-state index in [4.69, 9.17) is 0 Å². The zero-order valence-corrected chi connectivity index (χ0v) is 14.8. The fourth-order valence-corrected chi connectivity index (χ4v) is 2.55. The summed E-state index contributed by atoms with van der Waals surface area (Å²) in [7, 11) is -3.50. The third-order valence-electron chi connectivity index (χ3n) is 2.98. The minimum absolute atomic E-state index is 0.0839. The number of nitrogens with zero attached hydrogens (tertiary/aromatic N) is 2. The van der Waals surface area contributed by atoms with Gasteiger partial charge in [0.15, 0.2) is 15.8 Å². The van der Waals surface area contributed by atoms with Gasteiger partial charge >= 0.3 is 0 Å².